The summed E-state index contributed by atoms with van der Waals surface area (Å²) in [4.78, 5) is 36.3. The molecule has 0 bridgehead atoms. The number of para-hydroxylation sites is 3. The van der Waals surface area contributed by atoms with Gasteiger partial charge in [0.2, 0.25) is 0 Å². The number of thioether (sulfide) groups is 1. The highest BCUT2D eigenvalue weighted by Crippen LogP contribution is 2.29. The summed E-state index contributed by atoms with van der Waals surface area (Å²) in [5.41, 5.74) is 4.57. The zero-order valence-corrected chi connectivity index (χ0v) is 17.2. The van der Waals surface area contributed by atoms with Gasteiger partial charge in [-0.2, -0.15) is 0 Å². The van der Waals surface area contributed by atoms with Crippen LogP contribution in [0.2, 0.25) is 0 Å². The zero-order chi connectivity index (χ0) is 20.9. The van der Waals surface area contributed by atoms with Crippen LogP contribution in [0.25, 0.3) is 27.6 Å². The molecule has 7 heteroatoms. The van der Waals surface area contributed by atoms with Crippen molar-refractivity contribution in [1.82, 2.24) is 19.3 Å². The first kappa shape index (κ1) is 18.1. The van der Waals surface area contributed by atoms with E-state index in [0.29, 0.717) is 23.4 Å². The van der Waals surface area contributed by atoms with Crippen molar-refractivity contribution in [3.05, 3.63) is 83.9 Å². The Morgan fingerprint density at radius 1 is 0.742 bits per heavy atom. The van der Waals surface area contributed by atoms with Gasteiger partial charge in [0.05, 0.1) is 27.7 Å². The first-order chi connectivity index (χ1) is 15.2. The lowest BCUT2D eigenvalue weighted by Crippen LogP contribution is -2.31. The molecule has 0 N–H and O–H groups in total. The number of benzene rings is 3. The largest absolute Gasteiger partial charge is 0.273 e. The highest BCUT2D eigenvalue weighted by Gasteiger charge is 2.34. The lowest BCUT2D eigenvalue weighted by atomic mass is 10.1. The van der Waals surface area contributed by atoms with E-state index in [1.165, 1.54) is 16.7 Å². The maximum Gasteiger partial charge on any atom is 0.261 e. The van der Waals surface area contributed by atoms with Crippen LogP contribution in [0.3, 0.4) is 0 Å². The summed E-state index contributed by atoms with van der Waals surface area (Å²) < 4.78 is 2.06. The van der Waals surface area contributed by atoms with E-state index in [1.54, 1.807) is 24.3 Å². The molecule has 2 amide bonds. The highest BCUT2D eigenvalue weighted by molar-refractivity contribution is 7.99. The fourth-order valence-electron chi connectivity index (χ4n) is 4.08. The van der Waals surface area contributed by atoms with Gasteiger partial charge in [-0.25, -0.2) is 9.97 Å². The molecular formula is C24H16N4O2S. The third kappa shape index (κ3) is 2.74. The van der Waals surface area contributed by atoms with Gasteiger partial charge in [-0.05, 0) is 36.4 Å². The van der Waals surface area contributed by atoms with Gasteiger partial charge in [0.15, 0.2) is 5.16 Å². The quantitative estimate of drug-likeness (QED) is 0.243. The molecule has 31 heavy (non-hydrogen) atoms. The van der Waals surface area contributed by atoms with Crippen LogP contribution in [0.15, 0.2) is 78.0 Å². The van der Waals surface area contributed by atoms with E-state index in [0.717, 1.165) is 32.7 Å². The maximum atomic E-state index is 12.6. The number of amides is 2. The number of nitrogens with zero attached hydrogens (tertiary/aromatic N) is 4. The van der Waals surface area contributed by atoms with Gasteiger partial charge in [-0.3, -0.25) is 18.9 Å². The Morgan fingerprint density at radius 2 is 1.39 bits per heavy atom. The molecule has 3 heterocycles. The summed E-state index contributed by atoms with van der Waals surface area (Å²) in [6.45, 7) is 0.319. The molecule has 6 rings (SSSR count). The predicted octanol–water partition coefficient (Wildman–Crippen LogP) is 4.42. The maximum absolute atomic E-state index is 12.6. The molecule has 0 spiro atoms. The van der Waals surface area contributed by atoms with Crippen LogP contribution >= 0.6 is 11.8 Å². The van der Waals surface area contributed by atoms with Gasteiger partial charge < -0.3 is 0 Å². The number of imide groups is 1. The molecule has 3 aromatic carbocycles. The summed E-state index contributed by atoms with van der Waals surface area (Å²) in [5.74, 6) is 0.0788. The van der Waals surface area contributed by atoms with Crippen LogP contribution in [0.5, 0.6) is 0 Å². The SMILES string of the molecule is O=C1c2ccccc2C(=O)N1CCSc1nc2ccccc2c2nc3ccccc3n12. The normalized spacial score (nSPS) is 13.6. The van der Waals surface area contributed by atoms with E-state index in [9.17, 15) is 9.59 Å². The van der Waals surface area contributed by atoms with Crippen molar-refractivity contribution < 1.29 is 9.59 Å². The number of hydrogen-bond acceptors (Lipinski definition) is 5. The van der Waals surface area contributed by atoms with Crippen LogP contribution in [0, 0.1) is 0 Å². The minimum Gasteiger partial charge on any atom is -0.273 e. The fraction of sp³-hybridized carbons (Fsp3) is 0.0833. The molecule has 0 aliphatic carbocycles. The van der Waals surface area contributed by atoms with E-state index in [4.69, 9.17) is 9.97 Å². The Bertz CT molecular complexity index is 1490. The number of hydrogen-bond donors (Lipinski definition) is 0. The van der Waals surface area contributed by atoms with E-state index < -0.39 is 0 Å². The number of rotatable bonds is 4. The lowest BCUT2D eigenvalue weighted by Gasteiger charge is -2.14. The Balaban J connectivity index is 1.36. The average molecular weight is 424 g/mol. The van der Waals surface area contributed by atoms with E-state index in [1.807, 2.05) is 48.5 Å². The number of fused-ring (bicyclic) bond motifs is 6. The van der Waals surface area contributed by atoms with E-state index in [-0.39, 0.29) is 11.8 Å². The van der Waals surface area contributed by atoms with Crippen LogP contribution < -0.4 is 0 Å². The molecule has 150 valence electrons. The second kappa shape index (κ2) is 6.92. The molecule has 0 saturated heterocycles. The molecule has 6 nitrogen and oxygen atoms in total. The summed E-state index contributed by atoms with van der Waals surface area (Å²) in [6, 6.07) is 22.9. The van der Waals surface area contributed by atoms with Crippen molar-refractivity contribution in [2.75, 3.05) is 12.3 Å². The zero-order valence-electron chi connectivity index (χ0n) is 16.4. The van der Waals surface area contributed by atoms with Crippen molar-refractivity contribution in [3.8, 4) is 0 Å². The third-order valence-electron chi connectivity index (χ3n) is 5.54. The standard InChI is InChI=1S/C24H16N4O2S/c29-22-15-7-1-2-8-16(15)23(30)27(22)13-14-31-24-26-18-10-4-3-9-17(18)21-25-19-11-5-6-12-20(19)28(21)24/h1-12H,13-14H2. The van der Waals surface area contributed by atoms with Gasteiger partial charge in [0.25, 0.3) is 11.8 Å². The molecule has 0 radical (unpaired) electrons. The number of imidazole rings is 1. The van der Waals surface area contributed by atoms with Crippen molar-refractivity contribution in [2.45, 2.75) is 5.16 Å². The van der Waals surface area contributed by atoms with Crippen molar-refractivity contribution in [1.29, 1.82) is 0 Å². The van der Waals surface area contributed by atoms with Gasteiger partial charge in [0, 0.05) is 17.7 Å². The first-order valence-corrected chi connectivity index (χ1v) is 10.9. The van der Waals surface area contributed by atoms with Gasteiger partial charge in [-0.1, -0.05) is 48.2 Å². The predicted molar refractivity (Wildman–Crippen MR) is 121 cm³/mol. The lowest BCUT2D eigenvalue weighted by molar-refractivity contribution is 0.0664. The topological polar surface area (TPSA) is 67.6 Å². The number of carbonyl (C=O) groups is 2. The molecule has 0 saturated carbocycles. The molecule has 0 unspecified atom stereocenters. The Morgan fingerprint density at radius 3 is 2.16 bits per heavy atom. The van der Waals surface area contributed by atoms with Crippen molar-refractivity contribution >= 4 is 51.2 Å². The Kier molecular flexibility index (Phi) is 4.04. The summed E-state index contributed by atoms with van der Waals surface area (Å²) in [7, 11) is 0. The minimum atomic E-state index is -0.231. The average Bonchev–Trinajstić information content (AvgIpc) is 3.31. The monoisotopic (exact) mass is 424 g/mol. The number of carbonyl (C=O) groups excluding carboxylic acids is 2. The van der Waals surface area contributed by atoms with Crippen molar-refractivity contribution in [3.63, 3.8) is 0 Å². The van der Waals surface area contributed by atoms with Crippen LogP contribution in [0.1, 0.15) is 20.7 Å². The van der Waals surface area contributed by atoms with Crippen LogP contribution in [-0.4, -0.2) is 43.4 Å². The first-order valence-electron chi connectivity index (χ1n) is 9.96. The molecule has 2 aromatic heterocycles. The third-order valence-corrected chi connectivity index (χ3v) is 6.46. The molecule has 1 aliphatic heterocycles. The van der Waals surface area contributed by atoms with E-state index in [2.05, 4.69) is 4.40 Å². The molecular weight excluding hydrogens is 408 g/mol. The Hall–Kier alpha value is -3.71. The summed E-state index contributed by atoms with van der Waals surface area (Å²) >= 11 is 1.52. The Labute approximate surface area is 181 Å². The van der Waals surface area contributed by atoms with Crippen molar-refractivity contribution in [2.24, 2.45) is 0 Å². The van der Waals surface area contributed by atoms with E-state index >= 15 is 0 Å². The minimum absolute atomic E-state index is 0.231. The smallest absolute Gasteiger partial charge is 0.261 e. The summed E-state index contributed by atoms with van der Waals surface area (Å²) in [6.07, 6.45) is 0. The second-order valence-corrected chi connectivity index (χ2v) is 8.39. The molecule has 0 atom stereocenters. The highest BCUT2D eigenvalue weighted by atomic mass is 32.2. The van der Waals surface area contributed by atoms with Gasteiger partial charge >= 0.3 is 0 Å². The molecule has 5 aromatic rings. The van der Waals surface area contributed by atoms with Gasteiger partial charge in [-0.15, -0.1) is 0 Å². The fourth-order valence-corrected chi connectivity index (χ4v) is 5.01. The molecule has 0 fully saturated rings. The van der Waals surface area contributed by atoms with Gasteiger partial charge in [0.1, 0.15) is 5.65 Å². The molecule has 1 aliphatic rings. The van der Waals surface area contributed by atoms with Crippen LogP contribution in [-0.2, 0) is 0 Å². The second-order valence-electron chi connectivity index (χ2n) is 7.33. The number of aromatic nitrogens is 3. The van der Waals surface area contributed by atoms with Crippen LogP contribution in [0.4, 0.5) is 0 Å². The summed E-state index contributed by atoms with van der Waals surface area (Å²) in [5, 5.41) is 1.78.